The lowest BCUT2D eigenvalue weighted by Crippen LogP contribution is -2.53. The first-order valence-corrected chi connectivity index (χ1v) is 7.85. The molecule has 21 heavy (non-hydrogen) atoms. The first kappa shape index (κ1) is 14.5. The first-order chi connectivity index (χ1) is 10.2. The number of hydrogen-bond acceptors (Lipinski definition) is 3. The van der Waals surface area contributed by atoms with Crippen molar-refractivity contribution in [1.29, 1.82) is 0 Å². The molecule has 0 N–H and O–H groups in total. The Morgan fingerprint density at radius 3 is 2.71 bits per heavy atom. The van der Waals surface area contributed by atoms with E-state index in [-0.39, 0.29) is 18.1 Å². The first-order valence-electron chi connectivity index (χ1n) is 7.85. The molecule has 2 fully saturated rings. The molecule has 4 heteroatoms. The lowest BCUT2D eigenvalue weighted by Gasteiger charge is -2.41. The molecule has 1 aromatic carbocycles. The molecule has 0 spiro atoms. The highest BCUT2D eigenvalue weighted by molar-refractivity contribution is 5.94. The average molecular weight is 288 g/mol. The van der Waals surface area contributed by atoms with Gasteiger partial charge in [-0.05, 0) is 25.1 Å². The molecule has 0 saturated carbocycles. The summed E-state index contributed by atoms with van der Waals surface area (Å²) in [5, 5.41) is 0. The number of piperidine rings is 1. The fraction of sp³-hybridized carbons (Fsp3) is 0.588. The third kappa shape index (κ3) is 2.70. The van der Waals surface area contributed by atoms with Crippen LogP contribution in [0.5, 0.6) is 0 Å². The van der Waals surface area contributed by atoms with Crippen LogP contribution >= 0.6 is 0 Å². The molecule has 1 amide bonds. The zero-order chi connectivity index (χ0) is 14.8. The minimum atomic E-state index is 0.165. The van der Waals surface area contributed by atoms with Crippen molar-refractivity contribution in [3.8, 4) is 0 Å². The van der Waals surface area contributed by atoms with Gasteiger partial charge < -0.3 is 14.5 Å². The Morgan fingerprint density at radius 1 is 1.29 bits per heavy atom. The SMILES string of the molecule is CCN1C[C@H]2[C@@H](C1)N(C(=O)c1ccccc1)CC[C@H]2OC. The Bertz CT molecular complexity index is 491. The van der Waals surface area contributed by atoms with E-state index in [1.807, 2.05) is 30.3 Å². The normalized spacial score (nSPS) is 29.4. The third-order valence-electron chi connectivity index (χ3n) is 4.97. The van der Waals surface area contributed by atoms with E-state index in [0.717, 1.165) is 38.2 Å². The van der Waals surface area contributed by atoms with Gasteiger partial charge in [-0.3, -0.25) is 4.79 Å². The van der Waals surface area contributed by atoms with E-state index in [0.29, 0.717) is 5.92 Å². The van der Waals surface area contributed by atoms with Gasteiger partial charge in [-0.2, -0.15) is 0 Å². The molecule has 0 bridgehead atoms. The van der Waals surface area contributed by atoms with Crippen molar-refractivity contribution >= 4 is 5.91 Å². The summed E-state index contributed by atoms with van der Waals surface area (Å²) in [4.78, 5) is 17.3. The maximum Gasteiger partial charge on any atom is 0.254 e. The Balaban J connectivity index is 1.81. The number of likely N-dealkylation sites (N-methyl/N-ethyl adjacent to an activating group) is 1. The monoisotopic (exact) mass is 288 g/mol. The van der Waals surface area contributed by atoms with E-state index in [4.69, 9.17) is 4.74 Å². The van der Waals surface area contributed by atoms with E-state index in [1.165, 1.54) is 0 Å². The summed E-state index contributed by atoms with van der Waals surface area (Å²) in [5.41, 5.74) is 0.794. The lowest BCUT2D eigenvalue weighted by molar-refractivity contribution is -0.0156. The van der Waals surface area contributed by atoms with Gasteiger partial charge in [-0.25, -0.2) is 0 Å². The van der Waals surface area contributed by atoms with Gasteiger partial charge in [0.2, 0.25) is 0 Å². The molecule has 3 atom stereocenters. The highest BCUT2D eigenvalue weighted by Gasteiger charge is 2.45. The van der Waals surface area contributed by atoms with Crippen LogP contribution in [0.4, 0.5) is 0 Å². The third-order valence-corrected chi connectivity index (χ3v) is 4.97. The van der Waals surface area contributed by atoms with Crippen LogP contribution < -0.4 is 0 Å². The van der Waals surface area contributed by atoms with E-state index in [1.54, 1.807) is 7.11 Å². The second-order valence-electron chi connectivity index (χ2n) is 6.01. The summed E-state index contributed by atoms with van der Waals surface area (Å²) in [5.74, 6) is 0.606. The molecule has 2 heterocycles. The number of rotatable bonds is 3. The molecular weight excluding hydrogens is 264 g/mol. The van der Waals surface area contributed by atoms with E-state index in [2.05, 4.69) is 16.7 Å². The van der Waals surface area contributed by atoms with Crippen LogP contribution in [0.15, 0.2) is 30.3 Å². The van der Waals surface area contributed by atoms with E-state index >= 15 is 0 Å². The minimum Gasteiger partial charge on any atom is -0.381 e. The molecule has 4 nitrogen and oxygen atoms in total. The topological polar surface area (TPSA) is 32.8 Å². The number of carbonyl (C=O) groups is 1. The van der Waals surface area contributed by atoms with Crippen molar-refractivity contribution in [1.82, 2.24) is 9.80 Å². The molecule has 2 aliphatic rings. The molecule has 2 saturated heterocycles. The number of carbonyl (C=O) groups excluding carboxylic acids is 1. The highest BCUT2D eigenvalue weighted by atomic mass is 16.5. The molecule has 1 aromatic rings. The van der Waals surface area contributed by atoms with Crippen molar-refractivity contribution in [2.24, 2.45) is 5.92 Å². The Morgan fingerprint density at radius 2 is 2.05 bits per heavy atom. The zero-order valence-electron chi connectivity index (χ0n) is 12.9. The minimum absolute atomic E-state index is 0.165. The average Bonchev–Trinajstić information content (AvgIpc) is 2.98. The largest absolute Gasteiger partial charge is 0.381 e. The number of nitrogens with zero attached hydrogens (tertiary/aromatic N) is 2. The van der Waals surface area contributed by atoms with Gasteiger partial charge in [0.25, 0.3) is 5.91 Å². The number of ether oxygens (including phenoxy) is 1. The molecule has 2 aliphatic heterocycles. The second kappa shape index (κ2) is 6.16. The van der Waals surface area contributed by atoms with Crippen LogP contribution in [0.1, 0.15) is 23.7 Å². The maximum absolute atomic E-state index is 12.8. The molecular formula is C17H24N2O2. The predicted molar refractivity (Wildman–Crippen MR) is 82.3 cm³/mol. The van der Waals surface area contributed by atoms with Gasteiger partial charge in [-0.1, -0.05) is 25.1 Å². The van der Waals surface area contributed by atoms with Crippen LogP contribution in [-0.2, 0) is 4.74 Å². The Labute approximate surface area is 126 Å². The van der Waals surface area contributed by atoms with Crippen molar-refractivity contribution in [3.63, 3.8) is 0 Å². The van der Waals surface area contributed by atoms with Crippen LogP contribution in [0.2, 0.25) is 0 Å². The number of likely N-dealkylation sites (tertiary alicyclic amines) is 2. The van der Waals surface area contributed by atoms with Gasteiger partial charge in [0, 0.05) is 38.2 Å². The smallest absolute Gasteiger partial charge is 0.254 e. The second-order valence-corrected chi connectivity index (χ2v) is 6.01. The number of fused-ring (bicyclic) bond motifs is 1. The van der Waals surface area contributed by atoms with E-state index < -0.39 is 0 Å². The standard InChI is InChI=1S/C17H24N2O2/c1-3-18-11-14-15(12-18)19(10-9-16(14)21-2)17(20)13-7-5-4-6-8-13/h4-8,14-16H,3,9-12H2,1-2H3/t14-,15+,16+/m0/s1. The number of hydrogen-bond donors (Lipinski definition) is 0. The van der Waals surface area contributed by atoms with Crippen molar-refractivity contribution in [3.05, 3.63) is 35.9 Å². The molecule has 0 aromatic heterocycles. The number of benzene rings is 1. The fourth-order valence-electron chi connectivity index (χ4n) is 3.79. The summed E-state index contributed by atoms with van der Waals surface area (Å²) in [7, 11) is 1.80. The summed E-state index contributed by atoms with van der Waals surface area (Å²) in [6.07, 6.45) is 1.22. The van der Waals surface area contributed by atoms with Crippen molar-refractivity contribution in [2.45, 2.75) is 25.5 Å². The van der Waals surface area contributed by atoms with Gasteiger partial charge in [0.05, 0.1) is 12.1 Å². The Kier molecular flexibility index (Phi) is 4.27. The predicted octanol–water partition coefficient (Wildman–Crippen LogP) is 1.87. The lowest BCUT2D eigenvalue weighted by atomic mass is 9.88. The van der Waals surface area contributed by atoms with Gasteiger partial charge in [0.1, 0.15) is 0 Å². The molecule has 114 valence electrons. The van der Waals surface area contributed by atoms with Gasteiger partial charge >= 0.3 is 0 Å². The maximum atomic E-state index is 12.8. The zero-order valence-corrected chi connectivity index (χ0v) is 12.9. The summed E-state index contributed by atoms with van der Waals surface area (Å²) in [6.45, 7) is 6.03. The fourth-order valence-corrected chi connectivity index (χ4v) is 3.79. The molecule has 0 radical (unpaired) electrons. The van der Waals surface area contributed by atoms with Gasteiger partial charge in [-0.15, -0.1) is 0 Å². The molecule has 3 rings (SSSR count). The number of amides is 1. The summed E-state index contributed by atoms with van der Waals surface area (Å²) >= 11 is 0. The Hall–Kier alpha value is -1.39. The summed E-state index contributed by atoms with van der Waals surface area (Å²) < 4.78 is 5.67. The van der Waals surface area contributed by atoms with Gasteiger partial charge in [0.15, 0.2) is 0 Å². The van der Waals surface area contributed by atoms with Crippen LogP contribution in [-0.4, -0.2) is 61.1 Å². The number of methoxy groups -OCH3 is 1. The van der Waals surface area contributed by atoms with Crippen molar-refractivity contribution in [2.75, 3.05) is 33.3 Å². The van der Waals surface area contributed by atoms with E-state index in [9.17, 15) is 4.79 Å². The quantitative estimate of drug-likeness (QED) is 0.851. The summed E-state index contributed by atoms with van der Waals surface area (Å²) in [6, 6.07) is 9.92. The molecule has 0 aliphatic carbocycles. The van der Waals surface area contributed by atoms with Crippen LogP contribution in [0.25, 0.3) is 0 Å². The highest BCUT2D eigenvalue weighted by Crippen LogP contribution is 2.33. The van der Waals surface area contributed by atoms with Crippen LogP contribution in [0.3, 0.4) is 0 Å². The van der Waals surface area contributed by atoms with Crippen LogP contribution in [0, 0.1) is 5.92 Å². The molecule has 0 unspecified atom stereocenters. The van der Waals surface area contributed by atoms with Crippen molar-refractivity contribution < 1.29 is 9.53 Å².